The number of nitrogens with zero attached hydrogens (tertiary/aromatic N) is 2. The van der Waals surface area contributed by atoms with Gasteiger partial charge in [-0.05, 0) is 17.7 Å². The summed E-state index contributed by atoms with van der Waals surface area (Å²) in [6.45, 7) is 0. The largest absolute Gasteiger partial charge is 0.480 e. The number of methoxy groups -OCH3 is 1. The number of aromatic nitrogens is 2. The molecule has 0 atom stereocenters. The minimum absolute atomic E-state index is 0.230. The summed E-state index contributed by atoms with van der Waals surface area (Å²) >= 11 is 0. The molecule has 0 aliphatic rings. The summed E-state index contributed by atoms with van der Waals surface area (Å²) in [7, 11) is 1.50. The molecule has 3 aromatic rings. The zero-order valence-corrected chi connectivity index (χ0v) is 12.6. The van der Waals surface area contributed by atoms with Gasteiger partial charge in [0.15, 0.2) is 5.69 Å². The molecule has 2 aromatic carbocycles. The van der Waals surface area contributed by atoms with Crippen LogP contribution in [0.5, 0.6) is 5.88 Å². The Hall–Kier alpha value is -3.21. The molecule has 0 saturated heterocycles. The summed E-state index contributed by atoms with van der Waals surface area (Å²) in [5.41, 5.74) is 2.93. The Morgan fingerprint density at radius 1 is 0.913 bits per heavy atom. The maximum absolute atomic E-state index is 12.3. The van der Waals surface area contributed by atoms with E-state index < -0.39 is 0 Å². The van der Waals surface area contributed by atoms with Gasteiger partial charge in [0.1, 0.15) is 0 Å². The number of ether oxygens (including phenoxy) is 1. The Balaban J connectivity index is 1.86. The number of carbonyl (C=O) groups is 1. The summed E-state index contributed by atoms with van der Waals surface area (Å²) in [6.07, 6.45) is 0. The van der Waals surface area contributed by atoms with Crippen LogP contribution in [0.4, 0.5) is 5.69 Å². The second-order valence-electron chi connectivity index (χ2n) is 4.83. The number of benzene rings is 2. The SMILES string of the molecule is COc1ccc(C(=O)Nc2ccccc2-c2ccccc2)nn1. The van der Waals surface area contributed by atoms with Crippen LogP contribution in [0.3, 0.4) is 0 Å². The van der Waals surface area contributed by atoms with Crippen LogP contribution in [0.25, 0.3) is 11.1 Å². The molecule has 0 aliphatic heterocycles. The third-order valence-electron chi connectivity index (χ3n) is 3.34. The molecule has 114 valence electrons. The Morgan fingerprint density at radius 3 is 2.35 bits per heavy atom. The molecule has 0 spiro atoms. The molecule has 0 saturated carbocycles. The molecular formula is C18H15N3O2. The predicted molar refractivity (Wildman–Crippen MR) is 88.4 cm³/mol. The lowest BCUT2D eigenvalue weighted by Gasteiger charge is -2.11. The second-order valence-corrected chi connectivity index (χ2v) is 4.83. The van der Waals surface area contributed by atoms with E-state index in [1.807, 2.05) is 54.6 Å². The molecule has 0 unspecified atom stereocenters. The minimum atomic E-state index is -0.316. The quantitative estimate of drug-likeness (QED) is 0.802. The third-order valence-corrected chi connectivity index (χ3v) is 3.34. The highest BCUT2D eigenvalue weighted by molar-refractivity contribution is 6.05. The molecule has 0 bridgehead atoms. The van der Waals surface area contributed by atoms with Gasteiger partial charge in [-0.1, -0.05) is 48.5 Å². The topological polar surface area (TPSA) is 64.1 Å². The number of hydrogen-bond acceptors (Lipinski definition) is 4. The number of carbonyl (C=O) groups excluding carboxylic acids is 1. The number of para-hydroxylation sites is 1. The van der Waals surface area contributed by atoms with E-state index in [1.165, 1.54) is 7.11 Å². The van der Waals surface area contributed by atoms with E-state index >= 15 is 0 Å². The van der Waals surface area contributed by atoms with Gasteiger partial charge in [0, 0.05) is 17.3 Å². The lowest BCUT2D eigenvalue weighted by Crippen LogP contribution is -2.15. The fourth-order valence-electron chi connectivity index (χ4n) is 2.20. The molecule has 0 fully saturated rings. The molecule has 5 heteroatoms. The summed E-state index contributed by atoms with van der Waals surface area (Å²) in [4.78, 5) is 12.3. The Bertz CT molecular complexity index is 802. The highest BCUT2D eigenvalue weighted by atomic mass is 16.5. The average Bonchev–Trinajstić information content (AvgIpc) is 2.63. The van der Waals surface area contributed by atoms with Crippen molar-refractivity contribution in [3.63, 3.8) is 0 Å². The Kier molecular flexibility index (Phi) is 4.29. The summed E-state index contributed by atoms with van der Waals surface area (Å²) < 4.78 is 4.94. The number of anilines is 1. The van der Waals surface area contributed by atoms with Gasteiger partial charge in [-0.3, -0.25) is 4.79 Å². The first-order valence-corrected chi connectivity index (χ1v) is 7.11. The second kappa shape index (κ2) is 6.70. The van der Waals surface area contributed by atoms with Crippen molar-refractivity contribution in [1.29, 1.82) is 0 Å². The van der Waals surface area contributed by atoms with E-state index in [-0.39, 0.29) is 11.6 Å². The lowest BCUT2D eigenvalue weighted by atomic mass is 10.0. The van der Waals surface area contributed by atoms with Crippen LogP contribution in [-0.4, -0.2) is 23.2 Å². The van der Waals surface area contributed by atoms with Gasteiger partial charge in [0.25, 0.3) is 5.91 Å². The molecule has 0 radical (unpaired) electrons. The maximum atomic E-state index is 12.3. The van der Waals surface area contributed by atoms with E-state index in [1.54, 1.807) is 12.1 Å². The van der Waals surface area contributed by atoms with Gasteiger partial charge in [-0.2, -0.15) is 0 Å². The van der Waals surface area contributed by atoms with E-state index in [9.17, 15) is 4.79 Å². The van der Waals surface area contributed by atoms with E-state index in [2.05, 4.69) is 15.5 Å². The number of hydrogen-bond donors (Lipinski definition) is 1. The van der Waals surface area contributed by atoms with Crippen LogP contribution in [0.1, 0.15) is 10.5 Å². The zero-order valence-electron chi connectivity index (χ0n) is 12.6. The van der Waals surface area contributed by atoms with Crippen molar-refractivity contribution in [3.05, 3.63) is 72.4 Å². The standard InChI is InChI=1S/C18H15N3O2/c1-23-17-12-11-16(20-21-17)18(22)19-15-10-6-5-9-14(15)13-7-3-2-4-8-13/h2-12H,1H3,(H,19,22). The van der Waals surface area contributed by atoms with Crippen molar-refractivity contribution < 1.29 is 9.53 Å². The Morgan fingerprint density at radius 2 is 1.65 bits per heavy atom. The van der Waals surface area contributed by atoms with Crippen molar-refractivity contribution >= 4 is 11.6 Å². The van der Waals surface area contributed by atoms with Gasteiger partial charge in [0.2, 0.25) is 5.88 Å². The summed E-state index contributed by atoms with van der Waals surface area (Å²) in [5, 5.41) is 10.5. The van der Waals surface area contributed by atoms with Crippen LogP contribution < -0.4 is 10.1 Å². The van der Waals surface area contributed by atoms with Crippen molar-refractivity contribution in [3.8, 4) is 17.0 Å². The molecule has 5 nitrogen and oxygen atoms in total. The highest BCUT2D eigenvalue weighted by Crippen LogP contribution is 2.27. The van der Waals surface area contributed by atoms with Gasteiger partial charge in [0.05, 0.1) is 7.11 Å². The van der Waals surface area contributed by atoms with Crippen molar-refractivity contribution in [2.24, 2.45) is 0 Å². The number of amides is 1. The monoisotopic (exact) mass is 305 g/mol. The molecule has 1 N–H and O–H groups in total. The van der Waals surface area contributed by atoms with Gasteiger partial charge in [-0.25, -0.2) is 0 Å². The molecule has 1 aromatic heterocycles. The minimum Gasteiger partial charge on any atom is -0.480 e. The molecule has 23 heavy (non-hydrogen) atoms. The first-order chi connectivity index (χ1) is 11.3. The van der Waals surface area contributed by atoms with E-state index in [0.29, 0.717) is 5.88 Å². The van der Waals surface area contributed by atoms with Crippen molar-refractivity contribution in [2.45, 2.75) is 0 Å². The predicted octanol–water partition coefficient (Wildman–Crippen LogP) is 3.40. The van der Waals surface area contributed by atoms with Crippen LogP contribution >= 0.6 is 0 Å². The fraction of sp³-hybridized carbons (Fsp3) is 0.0556. The fourth-order valence-corrected chi connectivity index (χ4v) is 2.20. The number of rotatable bonds is 4. The summed E-state index contributed by atoms with van der Waals surface area (Å²) in [5.74, 6) is 0.0507. The van der Waals surface area contributed by atoms with E-state index in [4.69, 9.17) is 4.74 Å². The Labute approximate surface area is 134 Å². The molecule has 1 amide bonds. The first-order valence-electron chi connectivity index (χ1n) is 7.11. The summed E-state index contributed by atoms with van der Waals surface area (Å²) in [6, 6.07) is 20.7. The van der Waals surface area contributed by atoms with Crippen molar-refractivity contribution in [2.75, 3.05) is 12.4 Å². The van der Waals surface area contributed by atoms with Crippen molar-refractivity contribution in [1.82, 2.24) is 10.2 Å². The van der Waals surface area contributed by atoms with Crippen LogP contribution in [0.2, 0.25) is 0 Å². The van der Waals surface area contributed by atoms with Crippen LogP contribution in [0, 0.1) is 0 Å². The molecule has 3 rings (SSSR count). The van der Waals surface area contributed by atoms with Crippen LogP contribution in [-0.2, 0) is 0 Å². The van der Waals surface area contributed by atoms with Crippen LogP contribution in [0.15, 0.2) is 66.7 Å². The van der Waals surface area contributed by atoms with Gasteiger partial charge < -0.3 is 10.1 Å². The maximum Gasteiger partial charge on any atom is 0.276 e. The van der Waals surface area contributed by atoms with E-state index in [0.717, 1.165) is 16.8 Å². The lowest BCUT2D eigenvalue weighted by molar-refractivity contribution is 0.102. The number of nitrogens with one attached hydrogen (secondary N) is 1. The molecule has 0 aliphatic carbocycles. The smallest absolute Gasteiger partial charge is 0.276 e. The normalized spacial score (nSPS) is 10.1. The zero-order chi connectivity index (χ0) is 16.1. The first kappa shape index (κ1) is 14.7. The van der Waals surface area contributed by atoms with Gasteiger partial charge >= 0.3 is 0 Å². The highest BCUT2D eigenvalue weighted by Gasteiger charge is 2.12. The third kappa shape index (κ3) is 3.35. The molecule has 1 heterocycles. The average molecular weight is 305 g/mol. The molecular weight excluding hydrogens is 290 g/mol. The van der Waals surface area contributed by atoms with Gasteiger partial charge in [-0.15, -0.1) is 10.2 Å².